The molecule has 1 heterocycles. The normalized spacial score (nSPS) is 21.0. The van der Waals surface area contributed by atoms with Gasteiger partial charge >= 0.3 is 0 Å². The number of rotatable bonds is 7. The molecule has 3 rings (SSSR count). The first-order valence-electron chi connectivity index (χ1n) is 11.3. The van der Waals surface area contributed by atoms with Crippen molar-refractivity contribution < 1.29 is 27.8 Å². The monoisotopic (exact) mass is 490 g/mol. The average molecular weight is 491 g/mol. The number of amides is 1. The Morgan fingerprint density at radius 1 is 1.24 bits per heavy atom. The summed E-state index contributed by atoms with van der Waals surface area (Å²) in [5.74, 6) is -0.211. The van der Waals surface area contributed by atoms with Gasteiger partial charge in [0.2, 0.25) is 15.9 Å². The lowest BCUT2D eigenvalue weighted by atomic mass is 10.0. The number of aliphatic hydroxyl groups excluding tert-OH is 1. The van der Waals surface area contributed by atoms with Gasteiger partial charge in [-0.25, -0.2) is 8.42 Å². The number of nitrogens with zero attached hydrogens (tertiary/aromatic N) is 2. The predicted molar refractivity (Wildman–Crippen MR) is 130 cm³/mol. The van der Waals surface area contributed by atoms with Gasteiger partial charge in [0.15, 0.2) is 0 Å². The molecule has 1 aliphatic heterocycles. The molecule has 0 aliphatic carbocycles. The molecule has 0 saturated heterocycles. The number of fused-ring (bicyclic) bond motifs is 1. The number of carbonyl (C=O) groups excluding carboxylic acids is 1. The van der Waals surface area contributed by atoms with Gasteiger partial charge in [-0.3, -0.25) is 4.79 Å². The summed E-state index contributed by atoms with van der Waals surface area (Å²) in [5, 5.41) is 9.77. The van der Waals surface area contributed by atoms with E-state index in [1.807, 2.05) is 38.1 Å². The number of aryl methyl sites for hydroxylation is 1. The molecule has 0 unspecified atom stereocenters. The summed E-state index contributed by atoms with van der Waals surface area (Å²) in [6, 6.07) is 12.4. The SMILES string of the molecule is COCC(=O)N(C)C[C@H]1Oc2cc(-c3ccc(C)cc3)ccc2S(=O)(=O)N([C@H](C)CO)C[C@@H]1C. The maximum absolute atomic E-state index is 13.6. The van der Waals surface area contributed by atoms with Crippen LogP contribution in [0.2, 0.25) is 0 Å². The third-order valence-corrected chi connectivity index (χ3v) is 8.22. The fourth-order valence-electron chi connectivity index (χ4n) is 3.97. The molecule has 9 heteroatoms. The molecule has 0 fully saturated rings. The van der Waals surface area contributed by atoms with E-state index in [0.29, 0.717) is 0 Å². The Morgan fingerprint density at radius 2 is 1.88 bits per heavy atom. The molecule has 2 aromatic rings. The van der Waals surface area contributed by atoms with Gasteiger partial charge in [-0.05, 0) is 37.1 Å². The number of carbonyl (C=O) groups is 1. The van der Waals surface area contributed by atoms with Gasteiger partial charge in [0.25, 0.3) is 0 Å². The lowest BCUT2D eigenvalue weighted by molar-refractivity contribution is -0.135. The van der Waals surface area contributed by atoms with Crippen LogP contribution in [0.25, 0.3) is 11.1 Å². The van der Waals surface area contributed by atoms with Crippen LogP contribution in [-0.4, -0.2) is 81.2 Å². The maximum Gasteiger partial charge on any atom is 0.248 e. The van der Waals surface area contributed by atoms with Gasteiger partial charge in [-0.15, -0.1) is 0 Å². The summed E-state index contributed by atoms with van der Waals surface area (Å²) in [6.07, 6.45) is -0.471. The topological polar surface area (TPSA) is 96.4 Å². The number of aliphatic hydroxyl groups is 1. The average Bonchev–Trinajstić information content (AvgIpc) is 2.81. The summed E-state index contributed by atoms with van der Waals surface area (Å²) in [5.41, 5.74) is 2.89. The van der Waals surface area contributed by atoms with Gasteiger partial charge in [0, 0.05) is 32.7 Å². The Bertz CT molecular complexity index is 1100. The Kier molecular flexibility index (Phi) is 8.35. The summed E-state index contributed by atoms with van der Waals surface area (Å²) in [4.78, 5) is 13.9. The predicted octanol–water partition coefficient (Wildman–Crippen LogP) is 2.54. The van der Waals surface area contributed by atoms with E-state index in [0.717, 1.165) is 16.7 Å². The number of methoxy groups -OCH3 is 1. The first kappa shape index (κ1) is 26.2. The molecule has 0 spiro atoms. The van der Waals surface area contributed by atoms with E-state index >= 15 is 0 Å². The molecule has 1 N–H and O–H groups in total. The Hall–Kier alpha value is -2.46. The molecule has 3 atom stereocenters. The maximum atomic E-state index is 13.6. The largest absolute Gasteiger partial charge is 0.487 e. The van der Waals surface area contributed by atoms with E-state index in [-0.39, 0.29) is 48.8 Å². The summed E-state index contributed by atoms with van der Waals surface area (Å²) in [6.45, 7) is 5.63. The van der Waals surface area contributed by atoms with E-state index in [2.05, 4.69) is 0 Å². The summed E-state index contributed by atoms with van der Waals surface area (Å²) >= 11 is 0. The van der Waals surface area contributed by atoms with Crippen molar-refractivity contribution in [1.29, 1.82) is 0 Å². The third kappa shape index (κ3) is 5.60. The molecular formula is C25H34N2O6S. The molecule has 8 nitrogen and oxygen atoms in total. The zero-order valence-electron chi connectivity index (χ0n) is 20.4. The Morgan fingerprint density at radius 3 is 2.50 bits per heavy atom. The van der Waals surface area contributed by atoms with Crippen molar-refractivity contribution in [1.82, 2.24) is 9.21 Å². The fourth-order valence-corrected chi connectivity index (χ4v) is 5.80. The Balaban J connectivity index is 2.08. The van der Waals surface area contributed by atoms with Gasteiger partial charge < -0.3 is 19.5 Å². The quantitative estimate of drug-likeness (QED) is 0.641. The molecular weight excluding hydrogens is 456 g/mol. The standard InChI is InChI=1S/C25H34N2O6S/c1-17-6-8-20(9-7-17)21-10-11-24-22(12-21)33-23(14-26(4)25(29)16-32-5)18(2)13-27(19(3)15-28)34(24,30)31/h6-12,18-19,23,28H,13-16H2,1-5H3/t18-,19+,23+/m0/s1. The number of sulfonamides is 1. The highest BCUT2D eigenvalue weighted by atomic mass is 32.2. The fraction of sp³-hybridized carbons (Fsp3) is 0.480. The zero-order chi connectivity index (χ0) is 25.0. The van der Waals surface area contributed by atoms with Crippen LogP contribution in [-0.2, 0) is 19.6 Å². The van der Waals surface area contributed by atoms with Crippen LogP contribution in [0, 0.1) is 12.8 Å². The van der Waals surface area contributed by atoms with Crippen molar-refractivity contribution in [3.05, 3.63) is 48.0 Å². The molecule has 0 aromatic heterocycles. The van der Waals surface area contributed by atoms with E-state index in [4.69, 9.17) is 9.47 Å². The first-order chi connectivity index (χ1) is 16.1. The second-order valence-electron chi connectivity index (χ2n) is 8.97. The highest BCUT2D eigenvalue weighted by molar-refractivity contribution is 7.89. The van der Waals surface area contributed by atoms with Crippen molar-refractivity contribution in [2.45, 2.75) is 37.8 Å². The molecule has 186 valence electrons. The van der Waals surface area contributed by atoms with Gasteiger partial charge in [0.05, 0.1) is 13.2 Å². The highest BCUT2D eigenvalue weighted by Crippen LogP contribution is 2.36. The summed E-state index contributed by atoms with van der Waals surface area (Å²) in [7, 11) is -0.789. The minimum atomic E-state index is -3.92. The molecule has 1 amide bonds. The number of ether oxygens (including phenoxy) is 2. The molecule has 0 radical (unpaired) electrons. The first-order valence-corrected chi connectivity index (χ1v) is 12.8. The second-order valence-corrected chi connectivity index (χ2v) is 10.8. The lowest BCUT2D eigenvalue weighted by Crippen LogP contribution is -2.50. The van der Waals surface area contributed by atoms with Crippen molar-refractivity contribution in [3.8, 4) is 16.9 Å². The molecule has 34 heavy (non-hydrogen) atoms. The van der Waals surface area contributed by atoms with Gasteiger partial charge in [-0.1, -0.05) is 42.8 Å². The number of hydrogen-bond acceptors (Lipinski definition) is 6. The minimum absolute atomic E-state index is 0.0476. The Labute approximate surface area is 202 Å². The van der Waals surface area contributed by atoms with Crippen LogP contribution in [0.1, 0.15) is 19.4 Å². The zero-order valence-corrected chi connectivity index (χ0v) is 21.2. The minimum Gasteiger partial charge on any atom is -0.487 e. The molecule has 0 bridgehead atoms. The van der Waals surface area contributed by atoms with Crippen LogP contribution in [0.4, 0.5) is 0 Å². The molecule has 0 saturated carbocycles. The van der Waals surface area contributed by atoms with Crippen molar-refractivity contribution in [2.24, 2.45) is 5.92 Å². The van der Waals surface area contributed by atoms with E-state index in [1.165, 1.54) is 16.3 Å². The van der Waals surface area contributed by atoms with Crippen molar-refractivity contribution in [3.63, 3.8) is 0 Å². The number of likely N-dealkylation sites (N-methyl/N-ethyl adjacent to an activating group) is 1. The second kappa shape index (κ2) is 10.9. The number of hydrogen-bond donors (Lipinski definition) is 1. The lowest BCUT2D eigenvalue weighted by Gasteiger charge is -2.37. The van der Waals surface area contributed by atoms with Crippen LogP contribution in [0.5, 0.6) is 5.75 Å². The van der Waals surface area contributed by atoms with Gasteiger partial charge in [-0.2, -0.15) is 4.31 Å². The number of benzene rings is 2. The van der Waals surface area contributed by atoms with Crippen LogP contribution < -0.4 is 4.74 Å². The third-order valence-electron chi connectivity index (χ3n) is 6.20. The van der Waals surface area contributed by atoms with Crippen LogP contribution in [0.15, 0.2) is 47.4 Å². The van der Waals surface area contributed by atoms with Crippen molar-refractivity contribution >= 4 is 15.9 Å². The van der Waals surface area contributed by atoms with E-state index in [1.54, 1.807) is 32.2 Å². The van der Waals surface area contributed by atoms with Crippen LogP contribution in [0.3, 0.4) is 0 Å². The molecule has 1 aliphatic rings. The molecule has 2 aromatic carbocycles. The highest BCUT2D eigenvalue weighted by Gasteiger charge is 2.38. The van der Waals surface area contributed by atoms with E-state index < -0.39 is 22.2 Å². The summed E-state index contributed by atoms with van der Waals surface area (Å²) < 4.78 is 39.8. The van der Waals surface area contributed by atoms with Crippen molar-refractivity contribution in [2.75, 3.05) is 40.5 Å². The smallest absolute Gasteiger partial charge is 0.248 e. The van der Waals surface area contributed by atoms with Crippen LogP contribution >= 0.6 is 0 Å². The van der Waals surface area contributed by atoms with E-state index in [9.17, 15) is 18.3 Å². The van der Waals surface area contributed by atoms with Gasteiger partial charge in [0.1, 0.15) is 23.4 Å².